The van der Waals surface area contributed by atoms with E-state index in [1.165, 1.54) is 0 Å². The maximum Gasteiger partial charge on any atom is 0.171 e. The molecule has 0 fully saturated rings. The molecule has 3 N–H and O–H groups in total. The summed E-state index contributed by atoms with van der Waals surface area (Å²) < 4.78 is 10.9. The highest BCUT2D eigenvalue weighted by Crippen LogP contribution is 2.02. The average Bonchev–Trinajstić information content (AvgIpc) is 1.84. The summed E-state index contributed by atoms with van der Waals surface area (Å²) in [6, 6.07) is 0. The van der Waals surface area contributed by atoms with E-state index < -0.39 is 0 Å². The largest absolute Gasteiger partial charge is 0.349 e. The van der Waals surface area contributed by atoms with Crippen molar-refractivity contribution in [2.45, 2.75) is 46.2 Å². The molecule has 0 saturated carbocycles. The molecule has 74 valence electrons. The third kappa shape index (κ3) is 6.54. The molecule has 0 aliphatic rings. The minimum Gasteiger partial charge on any atom is -0.349 e. The third-order valence-corrected chi connectivity index (χ3v) is 1.13. The van der Waals surface area contributed by atoms with Crippen molar-refractivity contribution in [1.29, 1.82) is 0 Å². The van der Waals surface area contributed by atoms with Crippen LogP contribution in [-0.4, -0.2) is 25.0 Å². The fourth-order valence-corrected chi connectivity index (χ4v) is 0.832. The normalized spacial score (nSPS) is 12.0. The topological polar surface area (TPSA) is 56.5 Å². The Kier molecular flexibility index (Phi) is 6.28. The zero-order valence-corrected chi connectivity index (χ0v) is 8.33. The molecular weight excluding hydrogens is 156 g/mol. The van der Waals surface area contributed by atoms with E-state index in [4.69, 9.17) is 15.3 Å². The smallest absolute Gasteiger partial charge is 0.171 e. The van der Waals surface area contributed by atoms with Gasteiger partial charge in [-0.05, 0) is 27.7 Å². The van der Waals surface area contributed by atoms with Crippen LogP contribution < -0.4 is 11.3 Å². The molecular formula is C8H20N2O2. The molecule has 0 amide bonds. The predicted molar refractivity (Wildman–Crippen MR) is 48.4 cm³/mol. The van der Waals surface area contributed by atoms with Crippen LogP contribution in [0.5, 0.6) is 0 Å². The van der Waals surface area contributed by atoms with Gasteiger partial charge < -0.3 is 9.47 Å². The summed E-state index contributed by atoms with van der Waals surface area (Å²) in [6.07, 6.45) is 0.0548. The summed E-state index contributed by atoms with van der Waals surface area (Å²) in [6.45, 7) is 8.37. The molecule has 0 bridgehead atoms. The second kappa shape index (κ2) is 6.37. The molecule has 0 saturated heterocycles. The van der Waals surface area contributed by atoms with Crippen molar-refractivity contribution < 1.29 is 9.47 Å². The Balaban J connectivity index is 3.69. The van der Waals surface area contributed by atoms with E-state index in [0.29, 0.717) is 6.54 Å². The Bertz CT molecular complexity index is 97.2. The highest BCUT2D eigenvalue weighted by Gasteiger charge is 2.11. The van der Waals surface area contributed by atoms with E-state index >= 15 is 0 Å². The van der Waals surface area contributed by atoms with Crippen LogP contribution in [0, 0.1) is 0 Å². The standard InChI is InChI=1S/C8H20N2O2/c1-6(2)11-8(5-10-9)12-7(3)4/h6-8,10H,5,9H2,1-4H3. The molecule has 0 radical (unpaired) electrons. The summed E-state index contributed by atoms with van der Waals surface area (Å²) in [5.74, 6) is 5.17. The van der Waals surface area contributed by atoms with E-state index in [1.807, 2.05) is 27.7 Å². The summed E-state index contributed by atoms with van der Waals surface area (Å²) in [7, 11) is 0. The zero-order valence-electron chi connectivity index (χ0n) is 8.33. The van der Waals surface area contributed by atoms with Crippen LogP contribution >= 0.6 is 0 Å². The van der Waals surface area contributed by atoms with Crippen LogP contribution in [-0.2, 0) is 9.47 Å². The van der Waals surface area contributed by atoms with E-state index in [0.717, 1.165) is 0 Å². The minimum absolute atomic E-state index is 0.155. The lowest BCUT2D eigenvalue weighted by Crippen LogP contribution is -2.38. The molecule has 0 atom stereocenters. The number of ether oxygens (including phenoxy) is 2. The number of hydrogen-bond acceptors (Lipinski definition) is 4. The molecule has 0 aromatic heterocycles. The van der Waals surface area contributed by atoms with Crippen molar-refractivity contribution in [3.63, 3.8) is 0 Å². The van der Waals surface area contributed by atoms with Gasteiger partial charge in [0.25, 0.3) is 0 Å². The van der Waals surface area contributed by atoms with Gasteiger partial charge in [0.15, 0.2) is 6.29 Å². The van der Waals surface area contributed by atoms with Gasteiger partial charge in [-0.2, -0.15) is 0 Å². The van der Waals surface area contributed by atoms with Gasteiger partial charge in [0.1, 0.15) is 0 Å². The number of nitrogens with two attached hydrogens (primary N) is 1. The Morgan fingerprint density at radius 3 is 1.75 bits per heavy atom. The van der Waals surface area contributed by atoms with Crippen LogP contribution in [0.15, 0.2) is 0 Å². The lowest BCUT2D eigenvalue weighted by atomic mass is 10.4. The fourth-order valence-electron chi connectivity index (χ4n) is 0.832. The second-order valence-electron chi connectivity index (χ2n) is 3.21. The van der Waals surface area contributed by atoms with E-state index in [-0.39, 0.29) is 18.5 Å². The average molecular weight is 176 g/mol. The number of hydrogen-bond donors (Lipinski definition) is 2. The molecule has 4 heteroatoms. The molecule has 0 spiro atoms. The van der Waals surface area contributed by atoms with Gasteiger partial charge in [0.2, 0.25) is 0 Å². The Hall–Kier alpha value is -0.160. The summed E-state index contributed by atoms with van der Waals surface area (Å²) >= 11 is 0. The fraction of sp³-hybridized carbons (Fsp3) is 1.00. The van der Waals surface area contributed by atoms with Crippen LogP contribution in [0.3, 0.4) is 0 Å². The second-order valence-corrected chi connectivity index (χ2v) is 3.21. The number of hydrazine groups is 1. The van der Waals surface area contributed by atoms with Gasteiger partial charge >= 0.3 is 0 Å². The molecule has 0 aromatic carbocycles. The van der Waals surface area contributed by atoms with E-state index in [2.05, 4.69) is 5.43 Å². The van der Waals surface area contributed by atoms with Crippen molar-refractivity contribution in [3.8, 4) is 0 Å². The zero-order chi connectivity index (χ0) is 9.56. The molecule has 0 aliphatic heterocycles. The molecule has 0 unspecified atom stereocenters. The van der Waals surface area contributed by atoms with Gasteiger partial charge in [-0.25, -0.2) is 0 Å². The maximum atomic E-state index is 5.44. The maximum absolute atomic E-state index is 5.44. The van der Waals surface area contributed by atoms with Crippen LogP contribution in [0.2, 0.25) is 0 Å². The Morgan fingerprint density at radius 1 is 1.08 bits per heavy atom. The lowest BCUT2D eigenvalue weighted by molar-refractivity contribution is -0.177. The number of nitrogens with one attached hydrogen (secondary N) is 1. The first-order valence-electron chi connectivity index (χ1n) is 4.30. The van der Waals surface area contributed by atoms with Gasteiger partial charge in [-0.15, -0.1) is 0 Å². The van der Waals surface area contributed by atoms with Crippen LogP contribution in [0.1, 0.15) is 27.7 Å². The monoisotopic (exact) mass is 176 g/mol. The van der Waals surface area contributed by atoms with Gasteiger partial charge in [-0.1, -0.05) is 0 Å². The Morgan fingerprint density at radius 2 is 1.50 bits per heavy atom. The first-order chi connectivity index (χ1) is 5.56. The quantitative estimate of drug-likeness (QED) is 0.354. The Labute approximate surface area is 74.4 Å². The highest BCUT2D eigenvalue weighted by molar-refractivity contribution is 4.51. The van der Waals surface area contributed by atoms with Crippen molar-refractivity contribution in [3.05, 3.63) is 0 Å². The predicted octanol–water partition coefficient (Wildman–Crippen LogP) is 0.626. The first kappa shape index (κ1) is 11.8. The van der Waals surface area contributed by atoms with Crippen molar-refractivity contribution in [2.24, 2.45) is 5.84 Å². The van der Waals surface area contributed by atoms with Crippen LogP contribution in [0.4, 0.5) is 0 Å². The van der Waals surface area contributed by atoms with Gasteiger partial charge in [0.05, 0.1) is 18.8 Å². The van der Waals surface area contributed by atoms with Gasteiger partial charge in [-0.3, -0.25) is 11.3 Å². The molecule has 0 aromatic rings. The molecule has 0 heterocycles. The van der Waals surface area contributed by atoms with E-state index in [1.54, 1.807) is 0 Å². The highest BCUT2D eigenvalue weighted by atomic mass is 16.7. The molecule has 12 heavy (non-hydrogen) atoms. The third-order valence-electron chi connectivity index (χ3n) is 1.13. The SMILES string of the molecule is CC(C)OC(CNN)OC(C)C. The van der Waals surface area contributed by atoms with Crippen LogP contribution in [0.25, 0.3) is 0 Å². The van der Waals surface area contributed by atoms with E-state index in [9.17, 15) is 0 Å². The first-order valence-corrected chi connectivity index (χ1v) is 4.30. The minimum atomic E-state index is -0.255. The summed E-state index contributed by atoms with van der Waals surface area (Å²) in [5, 5.41) is 0. The molecule has 4 nitrogen and oxygen atoms in total. The summed E-state index contributed by atoms with van der Waals surface area (Å²) in [4.78, 5) is 0. The molecule has 0 aliphatic carbocycles. The van der Waals surface area contributed by atoms with Gasteiger partial charge in [0, 0.05) is 0 Å². The lowest BCUT2D eigenvalue weighted by Gasteiger charge is -2.22. The van der Waals surface area contributed by atoms with Crippen molar-refractivity contribution in [1.82, 2.24) is 5.43 Å². The van der Waals surface area contributed by atoms with Crippen molar-refractivity contribution in [2.75, 3.05) is 6.54 Å². The molecule has 0 rings (SSSR count). The number of rotatable bonds is 6. The van der Waals surface area contributed by atoms with Crippen molar-refractivity contribution >= 4 is 0 Å². The summed E-state index contributed by atoms with van der Waals surface area (Å²) in [5.41, 5.74) is 2.53.